The summed E-state index contributed by atoms with van der Waals surface area (Å²) in [6, 6.07) is 17.5. The predicted molar refractivity (Wildman–Crippen MR) is 109 cm³/mol. The van der Waals surface area contributed by atoms with E-state index >= 15 is 0 Å². The highest BCUT2D eigenvalue weighted by atomic mass is 16.7. The Kier molecular flexibility index (Phi) is 4.17. The highest BCUT2D eigenvalue weighted by Crippen LogP contribution is 2.51. The quantitative estimate of drug-likeness (QED) is 0.673. The number of carboxylic acids is 1. The number of aromatic nitrogens is 1. The molecule has 0 bridgehead atoms. The Hall–Kier alpha value is -3.87. The lowest BCUT2D eigenvalue weighted by Crippen LogP contribution is -2.28. The fourth-order valence-electron chi connectivity index (χ4n) is 3.65. The highest BCUT2D eigenvalue weighted by molar-refractivity contribution is 6.01. The van der Waals surface area contributed by atoms with Gasteiger partial charge in [-0.25, -0.2) is 9.78 Å². The van der Waals surface area contributed by atoms with Crippen LogP contribution in [0.1, 0.15) is 28.8 Å². The summed E-state index contributed by atoms with van der Waals surface area (Å²) in [5, 5.41) is 12.0. The number of pyridine rings is 1. The Balaban J connectivity index is 1.36. The standard InChI is InChI=1S/C23H18N2O5/c26-21(27)15-6-4-14(5-7-15)17-2-1-3-20(24-17)25-22(28)23(10-11-23)16-8-9-18-19(12-16)30-13-29-18/h1-9,12H,10-11,13H2,(H,26,27)(H,24,25,28). The van der Waals surface area contributed by atoms with Crippen molar-refractivity contribution < 1.29 is 24.2 Å². The molecule has 1 amide bonds. The van der Waals surface area contributed by atoms with Crippen LogP contribution < -0.4 is 14.8 Å². The van der Waals surface area contributed by atoms with Crippen molar-refractivity contribution in [3.8, 4) is 22.8 Å². The summed E-state index contributed by atoms with van der Waals surface area (Å²) < 4.78 is 10.8. The molecule has 7 nitrogen and oxygen atoms in total. The van der Waals surface area contributed by atoms with E-state index in [1.807, 2.05) is 30.3 Å². The molecule has 5 rings (SSSR count). The molecule has 1 aromatic heterocycles. The Morgan fingerprint density at radius 1 is 0.967 bits per heavy atom. The number of nitrogens with zero attached hydrogens (tertiary/aromatic N) is 1. The second kappa shape index (κ2) is 6.88. The smallest absolute Gasteiger partial charge is 0.335 e. The van der Waals surface area contributed by atoms with E-state index in [1.54, 1.807) is 18.2 Å². The minimum atomic E-state index is -0.978. The third-order valence-electron chi connectivity index (χ3n) is 5.53. The first-order valence-corrected chi connectivity index (χ1v) is 9.58. The minimum absolute atomic E-state index is 0.104. The van der Waals surface area contributed by atoms with Crippen molar-refractivity contribution in [3.63, 3.8) is 0 Å². The van der Waals surface area contributed by atoms with Gasteiger partial charge in [0.05, 0.1) is 16.7 Å². The van der Waals surface area contributed by atoms with Crippen molar-refractivity contribution in [2.45, 2.75) is 18.3 Å². The van der Waals surface area contributed by atoms with Crippen LogP contribution >= 0.6 is 0 Å². The molecule has 7 heteroatoms. The first-order chi connectivity index (χ1) is 14.5. The molecule has 30 heavy (non-hydrogen) atoms. The van der Waals surface area contributed by atoms with E-state index in [9.17, 15) is 9.59 Å². The Bertz CT molecular complexity index is 1150. The van der Waals surface area contributed by atoms with Gasteiger partial charge in [0, 0.05) is 5.56 Å². The minimum Gasteiger partial charge on any atom is -0.478 e. The summed E-state index contributed by atoms with van der Waals surface area (Å²) in [6.07, 6.45) is 1.52. The molecule has 150 valence electrons. The van der Waals surface area contributed by atoms with Crippen LogP contribution in [0.3, 0.4) is 0 Å². The van der Waals surface area contributed by atoms with Crippen molar-refractivity contribution in [2.75, 3.05) is 12.1 Å². The molecule has 0 atom stereocenters. The topological polar surface area (TPSA) is 97.8 Å². The molecule has 3 aromatic rings. The van der Waals surface area contributed by atoms with Gasteiger partial charge in [-0.2, -0.15) is 0 Å². The average molecular weight is 402 g/mol. The van der Waals surface area contributed by atoms with Gasteiger partial charge < -0.3 is 19.9 Å². The monoisotopic (exact) mass is 402 g/mol. The molecule has 2 N–H and O–H groups in total. The number of carbonyl (C=O) groups is 2. The van der Waals surface area contributed by atoms with Gasteiger partial charge in [0.25, 0.3) is 0 Å². The van der Waals surface area contributed by atoms with Gasteiger partial charge in [0.1, 0.15) is 5.82 Å². The summed E-state index contributed by atoms with van der Waals surface area (Å²) in [5.74, 6) is 0.725. The number of hydrogen-bond donors (Lipinski definition) is 2. The SMILES string of the molecule is O=C(O)c1ccc(-c2cccc(NC(=O)C3(c4ccc5c(c4)OCO5)CC3)n2)cc1. The molecular formula is C23H18N2O5. The molecule has 2 aliphatic rings. The molecule has 2 aromatic carbocycles. The van der Waals surface area contributed by atoms with Crippen LogP contribution in [0.4, 0.5) is 5.82 Å². The van der Waals surface area contributed by atoms with Crippen LogP contribution in [0, 0.1) is 0 Å². The molecule has 0 radical (unpaired) electrons. The van der Waals surface area contributed by atoms with Crippen molar-refractivity contribution >= 4 is 17.7 Å². The number of aromatic carboxylic acids is 1. The van der Waals surface area contributed by atoms with Crippen LogP contribution in [-0.2, 0) is 10.2 Å². The maximum atomic E-state index is 13.1. The zero-order chi connectivity index (χ0) is 20.7. The Morgan fingerprint density at radius 3 is 2.47 bits per heavy atom. The highest BCUT2D eigenvalue weighted by Gasteiger charge is 2.51. The van der Waals surface area contributed by atoms with Crippen LogP contribution in [0.2, 0.25) is 0 Å². The largest absolute Gasteiger partial charge is 0.478 e. The summed E-state index contributed by atoms with van der Waals surface area (Å²) in [5.41, 5.74) is 1.96. The molecule has 2 heterocycles. The number of amides is 1. The van der Waals surface area contributed by atoms with Gasteiger partial charge in [0.2, 0.25) is 12.7 Å². The second-order valence-electron chi connectivity index (χ2n) is 7.39. The van der Waals surface area contributed by atoms with Gasteiger partial charge in [-0.3, -0.25) is 4.79 Å². The second-order valence-corrected chi connectivity index (χ2v) is 7.39. The van der Waals surface area contributed by atoms with E-state index in [0.717, 1.165) is 24.0 Å². The van der Waals surface area contributed by atoms with E-state index < -0.39 is 11.4 Å². The number of ether oxygens (including phenoxy) is 2. The number of carboxylic acid groups (broad SMARTS) is 1. The van der Waals surface area contributed by atoms with Crippen LogP contribution in [0.25, 0.3) is 11.3 Å². The Labute approximate surface area is 172 Å². The number of carbonyl (C=O) groups excluding carboxylic acids is 1. The summed E-state index contributed by atoms with van der Waals surface area (Å²) in [7, 11) is 0. The zero-order valence-corrected chi connectivity index (χ0v) is 15.9. The van der Waals surface area contributed by atoms with Gasteiger partial charge in [-0.1, -0.05) is 24.3 Å². The molecule has 1 fully saturated rings. The van der Waals surface area contributed by atoms with Crippen molar-refractivity contribution in [1.82, 2.24) is 4.98 Å². The van der Waals surface area contributed by atoms with E-state index in [-0.39, 0.29) is 18.3 Å². The van der Waals surface area contributed by atoms with Crippen molar-refractivity contribution in [2.24, 2.45) is 0 Å². The van der Waals surface area contributed by atoms with Crippen molar-refractivity contribution in [1.29, 1.82) is 0 Å². The summed E-state index contributed by atoms with van der Waals surface area (Å²) in [6.45, 7) is 0.197. The zero-order valence-electron chi connectivity index (χ0n) is 15.9. The molecule has 1 saturated carbocycles. The number of nitrogens with one attached hydrogen (secondary N) is 1. The third-order valence-corrected chi connectivity index (χ3v) is 5.53. The van der Waals surface area contributed by atoms with Crippen LogP contribution in [0.5, 0.6) is 11.5 Å². The third kappa shape index (κ3) is 3.14. The number of benzene rings is 2. The number of rotatable bonds is 5. The lowest BCUT2D eigenvalue weighted by Gasteiger charge is -2.16. The lowest BCUT2D eigenvalue weighted by molar-refractivity contribution is -0.118. The van der Waals surface area contributed by atoms with Gasteiger partial charge in [-0.05, 0) is 54.8 Å². The predicted octanol–water partition coefficient (Wildman–Crippen LogP) is 3.85. The van der Waals surface area contributed by atoms with Gasteiger partial charge >= 0.3 is 5.97 Å². The fourth-order valence-corrected chi connectivity index (χ4v) is 3.65. The molecule has 0 saturated heterocycles. The Morgan fingerprint density at radius 2 is 1.73 bits per heavy atom. The maximum Gasteiger partial charge on any atom is 0.335 e. The fraction of sp³-hybridized carbons (Fsp3) is 0.174. The summed E-state index contributed by atoms with van der Waals surface area (Å²) >= 11 is 0. The van der Waals surface area contributed by atoms with Crippen LogP contribution in [-0.4, -0.2) is 28.8 Å². The maximum absolute atomic E-state index is 13.1. The number of hydrogen-bond acceptors (Lipinski definition) is 5. The number of fused-ring (bicyclic) bond motifs is 1. The van der Waals surface area contributed by atoms with Crippen LogP contribution in [0.15, 0.2) is 60.7 Å². The van der Waals surface area contributed by atoms with Gasteiger partial charge in [0.15, 0.2) is 11.5 Å². The molecular weight excluding hydrogens is 384 g/mol. The van der Waals surface area contributed by atoms with Crippen molar-refractivity contribution in [3.05, 3.63) is 71.8 Å². The first kappa shape index (κ1) is 18.2. The number of anilines is 1. The van der Waals surface area contributed by atoms with E-state index in [1.165, 1.54) is 12.1 Å². The first-order valence-electron chi connectivity index (χ1n) is 9.58. The van der Waals surface area contributed by atoms with E-state index in [2.05, 4.69) is 10.3 Å². The molecule has 1 aliphatic carbocycles. The normalized spacial score (nSPS) is 15.5. The summed E-state index contributed by atoms with van der Waals surface area (Å²) in [4.78, 5) is 28.6. The molecule has 0 spiro atoms. The van der Waals surface area contributed by atoms with E-state index in [4.69, 9.17) is 14.6 Å². The molecule has 1 aliphatic heterocycles. The lowest BCUT2D eigenvalue weighted by atomic mass is 9.94. The molecule has 0 unspecified atom stereocenters. The average Bonchev–Trinajstić information content (AvgIpc) is 3.45. The van der Waals surface area contributed by atoms with E-state index in [0.29, 0.717) is 23.0 Å². The van der Waals surface area contributed by atoms with Gasteiger partial charge in [-0.15, -0.1) is 0 Å².